The molecule has 1 amide bonds. The van der Waals surface area contributed by atoms with Crippen molar-refractivity contribution in [2.45, 2.75) is 25.8 Å². The number of rotatable bonds is 4. The molecule has 0 aliphatic heterocycles. The van der Waals surface area contributed by atoms with Crippen LogP contribution in [0.4, 0.5) is 0 Å². The van der Waals surface area contributed by atoms with Crippen molar-refractivity contribution in [2.24, 2.45) is 5.92 Å². The SMILES string of the molecule is Cc1ccc(CNC(=O)C2CC2c2ccccc2)cc1. The average molecular weight is 265 g/mol. The maximum atomic E-state index is 12.1. The highest BCUT2D eigenvalue weighted by Crippen LogP contribution is 2.47. The fourth-order valence-electron chi connectivity index (χ4n) is 2.58. The van der Waals surface area contributed by atoms with Gasteiger partial charge in [-0.1, -0.05) is 60.2 Å². The summed E-state index contributed by atoms with van der Waals surface area (Å²) in [4.78, 5) is 12.1. The van der Waals surface area contributed by atoms with Crippen molar-refractivity contribution in [3.05, 3.63) is 71.3 Å². The molecule has 2 atom stereocenters. The van der Waals surface area contributed by atoms with E-state index >= 15 is 0 Å². The molecule has 2 aromatic carbocycles. The van der Waals surface area contributed by atoms with Gasteiger partial charge in [0.1, 0.15) is 0 Å². The molecule has 20 heavy (non-hydrogen) atoms. The van der Waals surface area contributed by atoms with E-state index in [1.807, 2.05) is 18.2 Å². The first-order valence-electron chi connectivity index (χ1n) is 7.12. The van der Waals surface area contributed by atoms with Crippen LogP contribution in [0.2, 0.25) is 0 Å². The topological polar surface area (TPSA) is 29.1 Å². The molecular formula is C18H19NO. The summed E-state index contributed by atoms with van der Waals surface area (Å²) in [6.07, 6.45) is 0.976. The zero-order valence-corrected chi connectivity index (χ0v) is 11.7. The molecule has 2 aromatic rings. The van der Waals surface area contributed by atoms with Crippen LogP contribution in [-0.2, 0) is 11.3 Å². The first kappa shape index (κ1) is 12.9. The number of carbonyl (C=O) groups excluding carboxylic acids is 1. The Kier molecular flexibility index (Phi) is 3.55. The highest BCUT2D eigenvalue weighted by Gasteiger charge is 2.43. The standard InChI is InChI=1S/C18H19NO/c1-13-7-9-14(10-8-13)12-19-18(20)17-11-16(17)15-5-3-2-4-6-15/h2-10,16-17H,11-12H2,1H3,(H,19,20). The fraction of sp³-hybridized carbons (Fsp3) is 0.278. The van der Waals surface area contributed by atoms with E-state index in [2.05, 4.69) is 48.6 Å². The molecule has 1 aliphatic rings. The molecule has 0 aromatic heterocycles. The summed E-state index contributed by atoms with van der Waals surface area (Å²) >= 11 is 0. The number of aryl methyl sites for hydroxylation is 1. The van der Waals surface area contributed by atoms with E-state index in [1.165, 1.54) is 11.1 Å². The van der Waals surface area contributed by atoms with Crippen LogP contribution >= 0.6 is 0 Å². The number of benzene rings is 2. The zero-order chi connectivity index (χ0) is 13.9. The van der Waals surface area contributed by atoms with Crippen LogP contribution in [0.1, 0.15) is 29.0 Å². The normalized spacial score (nSPS) is 20.4. The van der Waals surface area contributed by atoms with E-state index in [0.717, 1.165) is 12.0 Å². The molecule has 1 aliphatic carbocycles. The summed E-state index contributed by atoms with van der Waals surface area (Å²) in [7, 11) is 0. The van der Waals surface area contributed by atoms with Crippen molar-refractivity contribution in [1.29, 1.82) is 0 Å². The van der Waals surface area contributed by atoms with Gasteiger partial charge < -0.3 is 5.32 Å². The second-order valence-corrected chi connectivity index (χ2v) is 5.56. The Morgan fingerprint density at radius 2 is 1.80 bits per heavy atom. The molecule has 1 saturated carbocycles. The third-order valence-electron chi connectivity index (χ3n) is 3.94. The minimum Gasteiger partial charge on any atom is -0.352 e. The third kappa shape index (κ3) is 2.90. The fourth-order valence-corrected chi connectivity index (χ4v) is 2.58. The van der Waals surface area contributed by atoms with E-state index in [4.69, 9.17) is 0 Å². The Labute approximate surface area is 119 Å². The Hall–Kier alpha value is -2.09. The molecule has 0 bridgehead atoms. The molecule has 3 rings (SSSR count). The zero-order valence-electron chi connectivity index (χ0n) is 11.7. The monoisotopic (exact) mass is 265 g/mol. The van der Waals surface area contributed by atoms with Crippen LogP contribution in [0.25, 0.3) is 0 Å². The lowest BCUT2D eigenvalue weighted by molar-refractivity contribution is -0.122. The van der Waals surface area contributed by atoms with Gasteiger partial charge in [0.2, 0.25) is 5.91 Å². The van der Waals surface area contributed by atoms with Gasteiger partial charge in [-0.15, -0.1) is 0 Å². The largest absolute Gasteiger partial charge is 0.352 e. The van der Waals surface area contributed by atoms with E-state index in [-0.39, 0.29) is 11.8 Å². The van der Waals surface area contributed by atoms with Gasteiger partial charge in [0.05, 0.1) is 0 Å². The lowest BCUT2D eigenvalue weighted by Crippen LogP contribution is -2.24. The molecule has 0 heterocycles. The Morgan fingerprint density at radius 1 is 1.10 bits per heavy atom. The van der Waals surface area contributed by atoms with Crippen molar-refractivity contribution in [3.8, 4) is 0 Å². The molecule has 102 valence electrons. The van der Waals surface area contributed by atoms with Gasteiger partial charge >= 0.3 is 0 Å². The molecule has 1 N–H and O–H groups in total. The first-order valence-corrected chi connectivity index (χ1v) is 7.12. The van der Waals surface area contributed by atoms with Gasteiger partial charge in [-0.05, 0) is 30.4 Å². The van der Waals surface area contributed by atoms with Crippen LogP contribution in [0.5, 0.6) is 0 Å². The van der Waals surface area contributed by atoms with Gasteiger partial charge in [0, 0.05) is 12.5 Å². The molecular weight excluding hydrogens is 246 g/mol. The van der Waals surface area contributed by atoms with E-state index < -0.39 is 0 Å². The third-order valence-corrected chi connectivity index (χ3v) is 3.94. The summed E-state index contributed by atoms with van der Waals surface area (Å²) in [5.74, 6) is 0.747. The summed E-state index contributed by atoms with van der Waals surface area (Å²) in [5.41, 5.74) is 3.68. The lowest BCUT2D eigenvalue weighted by atomic mass is 10.1. The predicted octanol–water partition coefficient (Wildman–Crippen LogP) is 3.41. The number of amides is 1. The molecule has 0 radical (unpaired) electrons. The van der Waals surface area contributed by atoms with Crippen LogP contribution in [0.15, 0.2) is 54.6 Å². The molecule has 0 spiro atoms. The molecule has 2 nitrogen and oxygen atoms in total. The van der Waals surface area contributed by atoms with E-state index in [1.54, 1.807) is 0 Å². The highest BCUT2D eigenvalue weighted by atomic mass is 16.2. The lowest BCUT2D eigenvalue weighted by Gasteiger charge is -2.05. The van der Waals surface area contributed by atoms with Crippen LogP contribution in [-0.4, -0.2) is 5.91 Å². The molecule has 2 unspecified atom stereocenters. The second-order valence-electron chi connectivity index (χ2n) is 5.56. The van der Waals surface area contributed by atoms with Crippen molar-refractivity contribution in [1.82, 2.24) is 5.32 Å². The van der Waals surface area contributed by atoms with Crippen molar-refractivity contribution in [2.75, 3.05) is 0 Å². The molecule has 0 saturated heterocycles. The van der Waals surface area contributed by atoms with Gasteiger partial charge in [0.15, 0.2) is 0 Å². The quantitative estimate of drug-likeness (QED) is 0.901. The predicted molar refractivity (Wildman–Crippen MR) is 80.3 cm³/mol. The van der Waals surface area contributed by atoms with Crippen LogP contribution in [0, 0.1) is 12.8 Å². The smallest absolute Gasteiger partial charge is 0.224 e. The number of hydrogen-bond donors (Lipinski definition) is 1. The number of hydrogen-bond acceptors (Lipinski definition) is 1. The Bertz CT molecular complexity index is 589. The Morgan fingerprint density at radius 3 is 2.50 bits per heavy atom. The summed E-state index contributed by atoms with van der Waals surface area (Å²) in [6.45, 7) is 2.69. The first-order chi connectivity index (χ1) is 9.74. The van der Waals surface area contributed by atoms with Crippen molar-refractivity contribution < 1.29 is 4.79 Å². The van der Waals surface area contributed by atoms with E-state index in [0.29, 0.717) is 12.5 Å². The molecule has 1 fully saturated rings. The van der Waals surface area contributed by atoms with Crippen molar-refractivity contribution in [3.63, 3.8) is 0 Å². The summed E-state index contributed by atoms with van der Waals surface area (Å²) < 4.78 is 0. The van der Waals surface area contributed by atoms with Crippen molar-refractivity contribution >= 4 is 5.91 Å². The minimum atomic E-state index is 0.155. The molecule has 2 heteroatoms. The van der Waals surface area contributed by atoms with E-state index in [9.17, 15) is 4.79 Å². The summed E-state index contributed by atoms with van der Waals surface area (Å²) in [5, 5.41) is 3.04. The maximum Gasteiger partial charge on any atom is 0.224 e. The average Bonchev–Trinajstić information content (AvgIpc) is 3.28. The summed E-state index contributed by atoms with van der Waals surface area (Å²) in [6, 6.07) is 18.6. The Balaban J connectivity index is 1.53. The van der Waals surface area contributed by atoms with Gasteiger partial charge in [-0.3, -0.25) is 4.79 Å². The van der Waals surface area contributed by atoms with Gasteiger partial charge in [-0.2, -0.15) is 0 Å². The number of carbonyl (C=O) groups is 1. The number of nitrogens with one attached hydrogen (secondary N) is 1. The van der Waals surface area contributed by atoms with Crippen LogP contribution < -0.4 is 5.32 Å². The van der Waals surface area contributed by atoms with Gasteiger partial charge in [0.25, 0.3) is 0 Å². The minimum absolute atomic E-state index is 0.155. The van der Waals surface area contributed by atoms with Gasteiger partial charge in [-0.25, -0.2) is 0 Å². The second kappa shape index (κ2) is 5.49. The highest BCUT2D eigenvalue weighted by molar-refractivity contribution is 5.82. The van der Waals surface area contributed by atoms with Crippen LogP contribution in [0.3, 0.4) is 0 Å². The maximum absolute atomic E-state index is 12.1.